The van der Waals surface area contributed by atoms with Gasteiger partial charge in [0.25, 0.3) is 0 Å². The lowest BCUT2D eigenvalue weighted by molar-refractivity contribution is -0.121. The van der Waals surface area contributed by atoms with E-state index in [1.807, 2.05) is 19.9 Å². The molecule has 1 amide bonds. The van der Waals surface area contributed by atoms with Gasteiger partial charge in [-0.25, -0.2) is 4.98 Å². The van der Waals surface area contributed by atoms with Gasteiger partial charge in [-0.15, -0.1) is 0 Å². The van der Waals surface area contributed by atoms with Crippen molar-refractivity contribution in [1.29, 1.82) is 0 Å². The predicted octanol–water partition coefficient (Wildman–Crippen LogP) is 2.84. The maximum Gasteiger partial charge on any atom is 0.230 e. The summed E-state index contributed by atoms with van der Waals surface area (Å²) < 4.78 is 6.43. The molecular weight excluding hydrogens is 296 g/mol. The quantitative estimate of drug-likeness (QED) is 0.854. The lowest BCUT2D eigenvalue weighted by Crippen LogP contribution is -2.32. The molecule has 1 N–H and O–H groups in total. The van der Waals surface area contributed by atoms with Crippen LogP contribution in [0.15, 0.2) is 22.9 Å². The highest BCUT2D eigenvalue weighted by Crippen LogP contribution is 2.32. The fourth-order valence-corrected chi connectivity index (χ4v) is 2.63. The highest BCUT2D eigenvalue weighted by molar-refractivity contribution is 9.10. The minimum absolute atomic E-state index is 0.00322. The number of aromatic nitrogens is 1. The first-order chi connectivity index (χ1) is 8.49. The van der Waals surface area contributed by atoms with Crippen molar-refractivity contribution in [3.8, 4) is 0 Å². The molecule has 1 aliphatic rings. The van der Waals surface area contributed by atoms with Crippen molar-refractivity contribution >= 4 is 27.5 Å². The van der Waals surface area contributed by atoms with Crippen LogP contribution in [-0.4, -0.2) is 23.1 Å². The summed E-state index contributed by atoms with van der Waals surface area (Å²) in [5.74, 6) is 0.121. The maximum absolute atomic E-state index is 12.2. The van der Waals surface area contributed by atoms with Gasteiger partial charge in [0.15, 0.2) is 0 Å². The van der Waals surface area contributed by atoms with Crippen LogP contribution in [-0.2, 0) is 9.53 Å². The van der Waals surface area contributed by atoms with Gasteiger partial charge >= 0.3 is 0 Å². The van der Waals surface area contributed by atoms with Gasteiger partial charge in [-0.2, -0.15) is 0 Å². The zero-order valence-electron chi connectivity index (χ0n) is 10.7. The highest BCUT2D eigenvalue weighted by atomic mass is 79.9. The maximum atomic E-state index is 12.2. The molecule has 2 heterocycles. The number of rotatable bonds is 2. The monoisotopic (exact) mass is 312 g/mol. The summed E-state index contributed by atoms with van der Waals surface area (Å²) in [5, 5.41) is 2.89. The Morgan fingerprint density at radius 1 is 1.33 bits per heavy atom. The van der Waals surface area contributed by atoms with Crippen molar-refractivity contribution < 1.29 is 9.53 Å². The standard InChI is InChI=1S/C13H17BrN2O2/c1-7-8(2)18-9(3)12(7)13(17)16-10-4-5-11(14)15-6-10/h4-9,12H,1-3H3,(H,16,17). The number of halogens is 1. The van der Waals surface area contributed by atoms with E-state index in [0.29, 0.717) is 5.69 Å². The number of hydrogen-bond donors (Lipinski definition) is 1. The van der Waals surface area contributed by atoms with Gasteiger partial charge in [-0.3, -0.25) is 4.79 Å². The Labute approximate surface area is 115 Å². The van der Waals surface area contributed by atoms with E-state index < -0.39 is 0 Å². The van der Waals surface area contributed by atoms with Crippen molar-refractivity contribution in [3.63, 3.8) is 0 Å². The number of carbonyl (C=O) groups excluding carboxylic acids is 1. The van der Waals surface area contributed by atoms with Crippen LogP contribution in [0.3, 0.4) is 0 Å². The summed E-state index contributed by atoms with van der Waals surface area (Å²) in [4.78, 5) is 16.3. The Hall–Kier alpha value is -0.940. The zero-order valence-corrected chi connectivity index (χ0v) is 12.3. The SMILES string of the molecule is CC1OC(C)C(C(=O)Nc2ccc(Br)nc2)C1C. The average Bonchev–Trinajstić information content (AvgIpc) is 2.56. The lowest BCUT2D eigenvalue weighted by Gasteiger charge is -2.17. The molecule has 0 bridgehead atoms. The van der Waals surface area contributed by atoms with E-state index in [2.05, 4.69) is 33.2 Å². The second-order valence-corrected chi connectivity index (χ2v) is 5.60. The lowest BCUT2D eigenvalue weighted by atomic mass is 9.89. The van der Waals surface area contributed by atoms with Crippen LogP contribution in [0.25, 0.3) is 0 Å². The first-order valence-electron chi connectivity index (χ1n) is 6.07. The molecule has 0 saturated carbocycles. The van der Waals surface area contributed by atoms with Crippen LogP contribution in [0.1, 0.15) is 20.8 Å². The normalized spacial score (nSPS) is 31.3. The number of carbonyl (C=O) groups is 1. The van der Waals surface area contributed by atoms with E-state index in [0.717, 1.165) is 4.60 Å². The molecule has 0 radical (unpaired) electrons. The van der Waals surface area contributed by atoms with Gasteiger partial charge in [-0.05, 0) is 47.8 Å². The molecule has 1 aromatic heterocycles. The number of nitrogens with zero attached hydrogens (tertiary/aromatic N) is 1. The van der Waals surface area contributed by atoms with Crippen LogP contribution in [0, 0.1) is 11.8 Å². The van der Waals surface area contributed by atoms with E-state index >= 15 is 0 Å². The Morgan fingerprint density at radius 3 is 2.56 bits per heavy atom. The Balaban J connectivity index is 2.06. The summed E-state index contributed by atoms with van der Waals surface area (Å²) in [6.07, 6.45) is 1.72. The van der Waals surface area contributed by atoms with Gasteiger partial charge < -0.3 is 10.1 Å². The Kier molecular flexibility index (Phi) is 4.02. The molecule has 1 fully saturated rings. The first-order valence-corrected chi connectivity index (χ1v) is 6.86. The molecule has 4 unspecified atom stereocenters. The molecular formula is C13H17BrN2O2. The fourth-order valence-electron chi connectivity index (χ4n) is 2.39. The highest BCUT2D eigenvalue weighted by Gasteiger charge is 2.41. The Morgan fingerprint density at radius 2 is 2.06 bits per heavy atom. The number of ether oxygens (including phenoxy) is 1. The number of amides is 1. The third kappa shape index (κ3) is 2.72. The zero-order chi connectivity index (χ0) is 13.3. The van der Waals surface area contributed by atoms with Gasteiger partial charge in [0.2, 0.25) is 5.91 Å². The van der Waals surface area contributed by atoms with E-state index in [4.69, 9.17) is 4.74 Å². The minimum atomic E-state index is -0.108. The van der Waals surface area contributed by atoms with Crippen molar-refractivity contribution in [3.05, 3.63) is 22.9 Å². The molecule has 1 aliphatic heterocycles. The summed E-state index contributed by atoms with van der Waals surface area (Å²) in [6, 6.07) is 3.62. The summed E-state index contributed by atoms with van der Waals surface area (Å²) in [6.45, 7) is 6.01. The molecule has 2 rings (SSSR count). The van der Waals surface area contributed by atoms with E-state index in [9.17, 15) is 4.79 Å². The second-order valence-electron chi connectivity index (χ2n) is 4.79. The van der Waals surface area contributed by atoms with Crippen molar-refractivity contribution in [2.75, 3.05) is 5.32 Å². The van der Waals surface area contributed by atoms with Gasteiger partial charge in [0, 0.05) is 0 Å². The largest absolute Gasteiger partial charge is 0.374 e. The summed E-state index contributed by atoms with van der Waals surface area (Å²) >= 11 is 3.26. The van der Waals surface area contributed by atoms with Crippen LogP contribution < -0.4 is 5.32 Å². The van der Waals surface area contributed by atoms with Crippen LogP contribution in [0.2, 0.25) is 0 Å². The van der Waals surface area contributed by atoms with Crippen molar-refractivity contribution in [1.82, 2.24) is 4.98 Å². The smallest absolute Gasteiger partial charge is 0.230 e. The van der Waals surface area contributed by atoms with E-state index in [1.165, 1.54) is 0 Å². The minimum Gasteiger partial charge on any atom is -0.374 e. The van der Waals surface area contributed by atoms with Crippen LogP contribution >= 0.6 is 15.9 Å². The first kappa shape index (κ1) is 13.5. The van der Waals surface area contributed by atoms with Crippen molar-refractivity contribution in [2.24, 2.45) is 11.8 Å². The summed E-state index contributed by atoms with van der Waals surface area (Å²) in [5.41, 5.74) is 0.710. The molecule has 0 aromatic carbocycles. The van der Waals surface area contributed by atoms with E-state index in [-0.39, 0.29) is 30.0 Å². The van der Waals surface area contributed by atoms with E-state index in [1.54, 1.807) is 12.3 Å². The molecule has 4 nitrogen and oxygen atoms in total. The van der Waals surface area contributed by atoms with Gasteiger partial charge in [-0.1, -0.05) is 6.92 Å². The molecule has 98 valence electrons. The van der Waals surface area contributed by atoms with Gasteiger partial charge in [0.05, 0.1) is 30.0 Å². The molecule has 1 aromatic rings. The number of anilines is 1. The third-order valence-corrected chi connectivity index (χ3v) is 4.01. The molecule has 0 aliphatic carbocycles. The van der Waals surface area contributed by atoms with Crippen LogP contribution in [0.4, 0.5) is 5.69 Å². The molecule has 1 saturated heterocycles. The summed E-state index contributed by atoms with van der Waals surface area (Å²) in [7, 11) is 0. The second kappa shape index (κ2) is 5.36. The van der Waals surface area contributed by atoms with Gasteiger partial charge in [0.1, 0.15) is 4.60 Å². The molecule has 4 atom stereocenters. The number of hydrogen-bond acceptors (Lipinski definition) is 3. The predicted molar refractivity (Wildman–Crippen MR) is 73.2 cm³/mol. The molecule has 5 heteroatoms. The average molecular weight is 313 g/mol. The Bertz CT molecular complexity index is 435. The van der Waals surface area contributed by atoms with Crippen LogP contribution in [0.5, 0.6) is 0 Å². The van der Waals surface area contributed by atoms with Crippen molar-refractivity contribution in [2.45, 2.75) is 33.0 Å². The molecule has 0 spiro atoms. The topological polar surface area (TPSA) is 51.2 Å². The number of nitrogens with one attached hydrogen (secondary N) is 1. The third-order valence-electron chi connectivity index (χ3n) is 3.54. The number of pyridine rings is 1. The fraction of sp³-hybridized carbons (Fsp3) is 0.538. The molecule has 18 heavy (non-hydrogen) atoms.